The molecule has 660 valence electrons. The van der Waals surface area contributed by atoms with Crippen molar-refractivity contribution >= 4 is 158 Å². The first-order valence-electron chi connectivity index (χ1n) is 42.7. The van der Waals surface area contributed by atoms with Gasteiger partial charge in [0.1, 0.15) is 16.2 Å². The van der Waals surface area contributed by atoms with Crippen molar-refractivity contribution in [2.24, 2.45) is 10.3 Å². The van der Waals surface area contributed by atoms with E-state index in [0.717, 1.165) is 27.7 Å². The van der Waals surface area contributed by atoms with Crippen LogP contribution in [-0.4, -0.2) is 72.4 Å². The summed E-state index contributed by atoms with van der Waals surface area (Å²) in [6.45, 7) is 18.9. The topological polar surface area (TPSA) is 199 Å². The van der Waals surface area contributed by atoms with Crippen molar-refractivity contribution < 1.29 is 49.0 Å². The monoisotopic (exact) mass is 1950 g/mol. The molecule has 4 N–H and O–H groups in total. The summed E-state index contributed by atoms with van der Waals surface area (Å²) in [6.07, 6.45) is 6.16. The van der Waals surface area contributed by atoms with Gasteiger partial charge in [-0.25, -0.2) is 15.0 Å². The maximum atomic E-state index is 12.4. The molecule has 5 heterocycles. The van der Waals surface area contributed by atoms with Crippen molar-refractivity contribution in [3.05, 3.63) is 452 Å². The maximum Gasteiger partial charge on any atom is 0.495 e. The van der Waals surface area contributed by atoms with Gasteiger partial charge in [-0.05, 0) is 198 Å². The molecule has 0 radical (unpaired) electrons. The van der Waals surface area contributed by atoms with E-state index in [4.69, 9.17) is 30.5 Å². The Morgan fingerprint density at radius 3 is 0.748 bits per heavy atom. The van der Waals surface area contributed by atoms with Crippen molar-refractivity contribution in [3.63, 3.8) is 0 Å². The van der Waals surface area contributed by atoms with Crippen LogP contribution in [0, 0.1) is 13.8 Å². The average molecular weight is 1960 g/mol. The number of aromatic nitrogens is 4. The second-order valence-corrected chi connectivity index (χ2v) is 42.1. The van der Waals surface area contributed by atoms with E-state index in [0.29, 0.717) is 38.9 Å². The van der Waals surface area contributed by atoms with Gasteiger partial charge in [-0.1, -0.05) is 410 Å². The molecule has 0 spiro atoms. The molecule has 1 fully saturated rings. The number of ketones is 2. The predicted molar refractivity (Wildman–Crippen MR) is 552 cm³/mol. The molecule has 0 aliphatic carbocycles. The van der Waals surface area contributed by atoms with E-state index in [-0.39, 0.29) is 32.0 Å². The summed E-state index contributed by atoms with van der Waals surface area (Å²) in [4.78, 5) is 51.1. The number of anilines is 2. The number of benzene rings is 14. The van der Waals surface area contributed by atoms with E-state index in [9.17, 15) is 9.59 Å². The smallest absolute Gasteiger partial charge is 0.399 e. The first kappa shape index (κ1) is 98.0. The first-order valence-corrected chi connectivity index (χ1v) is 48.9. The molecule has 14 aromatic carbocycles. The van der Waals surface area contributed by atoms with E-state index in [1.54, 1.807) is 40.1 Å². The Hall–Kier alpha value is -12.0. The normalized spacial score (nSPS) is 13.8. The van der Waals surface area contributed by atoms with Crippen molar-refractivity contribution in [1.29, 1.82) is 0 Å². The number of oxime groups is 2. The van der Waals surface area contributed by atoms with Gasteiger partial charge in [0, 0.05) is 37.1 Å². The van der Waals surface area contributed by atoms with Gasteiger partial charge >= 0.3 is 7.12 Å². The number of carbonyl (C=O) groups excluding carboxylic acids is 2. The molecule has 2 aromatic heterocycles. The number of nitrogen functional groups attached to an aromatic ring is 2. The number of carbonyl (C=O) groups is 2. The molecule has 14 nitrogen and oxygen atoms in total. The van der Waals surface area contributed by atoms with Crippen LogP contribution >= 0.6 is 47.6 Å². The molecule has 0 unspecified atom stereocenters. The largest absolute Gasteiger partial charge is 0.495 e. The van der Waals surface area contributed by atoms with Crippen LogP contribution in [0.4, 0.5) is 11.6 Å². The minimum Gasteiger partial charge on any atom is -0.399 e. The Morgan fingerprint density at radius 2 is 0.534 bits per heavy atom. The third-order valence-electron chi connectivity index (χ3n) is 21.6. The number of Topliss-reactive ketones (excluding diaryl/α,β-unsaturated/α-hetero) is 2. The van der Waals surface area contributed by atoms with Crippen LogP contribution in [-0.2, 0) is 49.0 Å². The third kappa shape index (κ3) is 26.4. The molecule has 0 bridgehead atoms. The summed E-state index contributed by atoms with van der Waals surface area (Å²) in [5, 5.41) is 24.7. The summed E-state index contributed by atoms with van der Waals surface area (Å²) in [7, 11) is -2.26. The fraction of sp³-hybridized carbons (Fsp3) is 0.127. The Labute approximate surface area is 797 Å². The molecule has 19 rings (SSSR count). The summed E-state index contributed by atoms with van der Waals surface area (Å²) < 4.78 is 13.0. The second-order valence-electron chi connectivity index (χ2n) is 32.4. The van der Waals surface area contributed by atoms with Gasteiger partial charge in [0.2, 0.25) is 11.6 Å². The molecule has 131 heavy (non-hydrogen) atoms. The van der Waals surface area contributed by atoms with Crippen LogP contribution in [0.25, 0.3) is 11.3 Å². The predicted octanol–water partition coefficient (Wildman–Crippen LogP) is 19.1. The molecule has 1 saturated heterocycles. The van der Waals surface area contributed by atoms with E-state index < -0.39 is 61.2 Å². The molecule has 0 amide bonds. The van der Waals surface area contributed by atoms with E-state index >= 15 is 0 Å². The minimum atomic E-state index is -0.915. The molecule has 21 heteroatoms. The average Bonchev–Trinajstić information content (AvgIpc) is 1.61. The van der Waals surface area contributed by atoms with E-state index in [1.165, 1.54) is 76.0 Å². The second kappa shape index (κ2) is 47.2. The Bertz CT molecular complexity index is 5450. The van der Waals surface area contributed by atoms with Crippen LogP contribution in [0.3, 0.4) is 0 Å². The molecule has 3 aliphatic rings. The third-order valence-corrected chi connectivity index (χ3v) is 31.8. The number of rotatable bonds is 16. The summed E-state index contributed by atoms with van der Waals surface area (Å²) in [5.41, 5.74) is 14.8. The Morgan fingerprint density at radius 1 is 0.298 bits per heavy atom. The fourth-order valence-corrected chi connectivity index (χ4v) is 23.4. The fourth-order valence-electron chi connectivity index (χ4n) is 14.0. The van der Waals surface area contributed by atoms with Crippen LogP contribution in [0.1, 0.15) is 77.6 Å². The van der Waals surface area contributed by atoms with Gasteiger partial charge in [0.05, 0.1) is 41.7 Å². The van der Waals surface area contributed by atoms with E-state index in [1.807, 2.05) is 77.9 Å². The number of hydrogen-bond donors (Lipinski definition) is 2. The summed E-state index contributed by atoms with van der Waals surface area (Å²) in [6, 6.07) is 141. The molecule has 16 aromatic rings. The van der Waals surface area contributed by atoms with E-state index in [2.05, 4.69) is 410 Å². The number of aryl methyl sites for hydroxylation is 2. The van der Waals surface area contributed by atoms with Crippen LogP contribution < -0.4 is 80.6 Å². The van der Waals surface area contributed by atoms with Crippen LogP contribution in [0.2, 0.25) is 0 Å². The quantitative estimate of drug-likeness (QED) is 0.0686. The van der Waals surface area contributed by atoms with Gasteiger partial charge in [-0.2, -0.15) is 0 Å². The molecule has 3 aliphatic heterocycles. The van der Waals surface area contributed by atoms with Gasteiger partial charge in [0.15, 0.2) is 22.6 Å². The van der Waals surface area contributed by atoms with Crippen molar-refractivity contribution in [3.8, 4) is 11.3 Å². The SMILES string of the molecule is Cc1ccc(C2=NOC(C)(C)C2=O)cc1-c1cnc(N)cn1.Cc1ccc(C2=NOC(C)(C)C2=O)cc1B1OC(C)(C)C(C)(C)O1.Nc1cnc(Br)cn1.[Pd].c1ccc(P(c2ccccc2)c2ccccc2)cc1.c1ccc(P(c2ccccc2)c2ccccc2)cc1.c1ccc(P(c2ccccc2)c2ccccc2)cc1.c1ccc(P(c2ccccc2)c2ccccc2)cc1. The van der Waals surface area contributed by atoms with Crippen molar-refractivity contribution in [2.75, 3.05) is 11.5 Å². The zero-order chi connectivity index (χ0) is 91.5. The van der Waals surface area contributed by atoms with Gasteiger partial charge < -0.3 is 30.5 Å². The van der Waals surface area contributed by atoms with Crippen LogP contribution in [0.5, 0.6) is 0 Å². The van der Waals surface area contributed by atoms with Crippen molar-refractivity contribution in [2.45, 2.75) is 91.6 Å². The Balaban J connectivity index is 0.000000140. The zero-order valence-electron chi connectivity index (χ0n) is 74.8. The Kier molecular flexibility index (Phi) is 35.3. The molecule has 0 saturated carbocycles. The minimum absolute atomic E-state index is 0. The number of nitrogens with two attached hydrogens (primary N) is 2. The van der Waals surface area contributed by atoms with Gasteiger partial charge in [-0.15, -0.1) is 0 Å². The zero-order valence-corrected chi connectivity index (χ0v) is 81.5. The number of nitrogens with zero attached hydrogens (tertiary/aromatic N) is 6. The number of halogens is 1. The molecular formula is C110H104BBrN8O6P4Pd. The maximum absolute atomic E-state index is 12.4. The van der Waals surface area contributed by atoms with Gasteiger partial charge in [-0.3, -0.25) is 14.6 Å². The summed E-state index contributed by atoms with van der Waals surface area (Å²) in [5.74, 6) is 0.549. The molecular weight excluding hydrogens is 1850 g/mol. The van der Waals surface area contributed by atoms with Crippen molar-refractivity contribution in [1.82, 2.24) is 19.9 Å². The number of hydrogen-bond acceptors (Lipinski definition) is 14. The standard InChI is InChI=1S/C18H24BNO4.4C18H15P.C16H16N4O2.C4H4BrN3.Pd/c1-11-8-9-12(14-15(21)16(2,3)24-20-14)10-13(11)19-22-17(4,5)18(6,7)23-19;4*1-4-10-16(11-5-1)19(17-12-6-2-7-13-17)18-14-8-3-9-15-18;1-9-4-5-10(14-15(21)16(2,3)22-20-14)6-11(9)12-7-19-13(17)8-18-12;5-3-1-8-4(6)2-7-3;/h8-10H,1-7H3;4*1-15H;4-8H,1-3H3,(H2,17,19);1-2H,(H2,6,8);. The van der Waals surface area contributed by atoms with Crippen LogP contribution in [0.15, 0.2) is 440 Å². The summed E-state index contributed by atoms with van der Waals surface area (Å²) >= 11 is 3.12. The van der Waals surface area contributed by atoms with Gasteiger partial charge in [0.25, 0.3) is 0 Å². The first-order chi connectivity index (χ1) is 62.9. The molecule has 0 atom stereocenters.